The summed E-state index contributed by atoms with van der Waals surface area (Å²) in [4.78, 5) is 4.28. The van der Waals surface area contributed by atoms with Crippen molar-refractivity contribution in [2.75, 3.05) is 13.2 Å². The van der Waals surface area contributed by atoms with Crippen LogP contribution in [0, 0.1) is 6.92 Å². The normalized spacial score (nSPS) is 16.3. The Hall–Kier alpha value is -2.17. The number of hydrogen-bond acceptors (Lipinski definition) is 3. The SMILES string of the molecule is Cc1ccc(CN=C(N)NC2CCOc3ccccc32)c(OCC(F)(F)F)c1.I. The number of para-hydroxylation sites is 1. The first-order valence-corrected chi connectivity index (χ1v) is 8.89. The van der Waals surface area contributed by atoms with Gasteiger partial charge in [-0.05, 0) is 24.6 Å². The van der Waals surface area contributed by atoms with E-state index in [1.165, 1.54) is 0 Å². The highest BCUT2D eigenvalue weighted by atomic mass is 127. The Morgan fingerprint density at radius 1 is 1.28 bits per heavy atom. The van der Waals surface area contributed by atoms with Crippen LogP contribution in [-0.4, -0.2) is 25.3 Å². The summed E-state index contributed by atoms with van der Waals surface area (Å²) in [7, 11) is 0. The third-order valence-corrected chi connectivity index (χ3v) is 4.31. The Balaban J connectivity index is 0.00000300. The summed E-state index contributed by atoms with van der Waals surface area (Å²) in [5.41, 5.74) is 8.34. The van der Waals surface area contributed by atoms with Gasteiger partial charge in [0.25, 0.3) is 0 Å². The van der Waals surface area contributed by atoms with Gasteiger partial charge in [-0.25, -0.2) is 4.99 Å². The molecule has 1 aliphatic rings. The molecule has 0 saturated heterocycles. The maximum absolute atomic E-state index is 12.5. The molecule has 2 aromatic carbocycles. The number of nitrogens with zero attached hydrogens (tertiary/aromatic N) is 1. The van der Waals surface area contributed by atoms with Gasteiger partial charge < -0.3 is 20.5 Å². The van der Waals surface area contributed by atoms with Gasteiger partial charge in [0, 0.05) is 17.5 Å². The molecule has 158 valence electrons. The second-order valence-electron chi connectivity index (χ2n) is 6.59. The molecule has 3 N–H and O–H groups in total. The summed E-state index contributed by atoms with van der Waals surface area (Å²) >= 11 is 0. The van der Waals surface area contributed by atoms with Crippen molar-refractivity contribution in [2.24, 2.45) is 10.7 Å². The lowest BCUT2D eigenvalue weighted by atomic mass is 10.0. The number of halogens is 4. The molecule has 0 spiro atoms. The number of nitrogens with two attached hydrogens (primary N) is 1. The van der Waals surface area contributed by atoms with Crippen molar-refractivity contribution < 1.29 is 22.6 Å². The number of aliphatic imine (C=N–C) groups is 1. The lowest BCUT2D eigenvalue weighted by Crippen LogP contribution is -2.37. The third kappa shape index (κ3) is 6.69. The fourth-order valence-electron chi connectivity index (χ4n) is 2.97. The molecule has 9 heteroatoms. The molecule has 0 aliphatic carbocycles. The van der Waals surface area contributed by atoms with Gasteiger partial charge in [-0.3, -0.25) is 0 Å². The van der Waals surface area contributed by atoms with Crippen molar-refractivity contribution in [1.29, 1.82) is 0 Å². The van der Waals surface area contributed by atoms with Crippen LogP contribution in [0.15, 0.2) is 47.5 Å². The topological polar surface area (TPSA) is 68.9 Å². The van der Waals surface area contributed by atoms with E-state index in [4.69, 9.17) is 15.2 Å². The molecular formula is C20H23F3IN3O2. The molecule has 0 saturated carbocycles. The minimum absolute atomic E-state index is 0. The quantitative estimate of drug-likeness (QED) is 0.346. The van der Waals surface area contributed by atoms with Gasteiger partial charge in [0.05, 0.1) is 19.2 Å². The van der Waals surface area contributed by atoms with Crippen molar-refractivity contribution >= 4 is 29.9 Å². The van der Waals surface area contributed by atoms with E-state index >= 15 is 0 Å². The van der Waals surface area contributed by atoms with Gasteiger partial charge in [-0.2, -0.15) is 13.2 Å². The molecule has 3 rings (SSSR count). The van der Waals surface area contributed by atoms with Crippen LogP contribution in [0.1, 0.15) is 29.2 Å². The van der Waals surface area contributed by atoms with Crippen LogP contribution in [0.25, 0.3) is 0 Å². The van der Waals surface area contributed by atoms with E-state index in [1.807, 2.05) is 24.3 Å². The van der Waals surface area contributed by atoms with Gasteiger partial charge >= 0.3 is 6.18 Å². The first kappa shape index (κ1) is 23.1. The second kappa shape index (κ2) is 10.0. The van der Waals surface area contributed by atoms with Crippen LogP contribution in [0.2, 0.25) is 0 Å². The number of rotatable bonds is 5. The summed E-state index contributed by atoms with van der Waals surface area (Å²) in [6.45, 7) is 1.11. The molecule has 2 aromatic rings. The number of benzene rings is 2. The maximum atomic E-state index is 12.5. The maximum Gasteiger partial charge on any atom is 0.422 e. The van der Waals surface area contributed by atoms with E-state index in [0.29, 0.717) is 12.2 Å². The Kier molecular flexibility index (Phi) is 8.00. The van der Waals surface area contributed by atoms with Crippen molar-refractivity contribution in [3.05, 3.63) is 59.2 Å². The van der Waals surface area contributed by atoms with Crippen LogP contribution in [0.5, 0.6) is 11.5 Å². The lowest BCUT2D eigenvalue weighted by Gasteiger charge is -2.27. The summed E-state index contributed by atoms with van der Waals surface area (Å²) in [6.07, 6.45) is -3.67. The molecule has 1 heterocycles. The molecule has 1 unspecified atom stereocenters. The minimum atomic E-state index is -4.40. The highest BCUT2D eigenvalue weighted by Gasteiger charge is 2.29. The first-order chi connectivity index (χ1) is 13.3. The largest absolute Gasteiger partial charge is 0.493 e. The summed E-state index contributed by atoms with van der Waals surface area (Å²) in [5, 5.41) is 3.16. The predicted molar refractivity (Wildman–Crippen MR) is 116 cm³/mol. The molecule has 5 nitrogen and oxygen atoms in total. The van der Waals surface area contributed by atoms with E-state index in [1.54, 1.807) is 25.1 Å². The Morgan fingerprint density at radius 2 is 2.03 bits per heavy atom. The van der Waals surface area contributed by atoms with Crippen molar-refractivity contribution in [1.82, 2.24) is 5.32 Å². The zero-order valence-electron chi connectivity index (χ0n) is 15.8. The van der Waals surface area contributed by atoms with Gasteiger partial charge in [0.1, 0.15) is 11.5 Å². The fraction of sp³-hybridized carbons (Fsp3) is 0.350. The minimum Gasteiger partial charge on any atom is -0.493 e. The number of guanidine groups is 1. The number of nitrogens with one attached hydrogen (secondary N) is 1. The third-order valence-electron chi connectivity index (χ3n) is 4.31. The molecular weight excluding hydrogens is 498 g/mol. The van der Waals surface area contributed by atoms with Gasteiger partial charge in [-0.15, -0.1) is 24.0 Å². The van der Waals surface area contributed by atoms with Gasteiger partial charge in [0.2, 0.25) is 0 Å². The van der Waals surface area contributed by atoms with Gasteiger partial charge in [-0.1, -0.05) is 30.3 Å². The average molecular weight is 521 g/mol. The zero-order chi connectivity index (χ0) is 20.1. The zero-order valence-corrected chi connectivity index (χ0v) is 18.2. The molecule has 29 heavy (non-hydrogen) atoms. The molecule has 1 atom stereocenters. The lowest BCUT2D eigenvalue weighted by molar-refractivity contribution is -0.153. The van der Waals surface area contributed by atoms with Crippen LogP contribution in [0.3, 0.4) is 0 Å². The van der Waals surface area contributed by atoms with Crippen LogP contribution in [-0.2, 0) is 6.54 Å². The standard InChI is InChI=1S/C20H22F3N3O2.HI/c1-13-6-7-14(18(10-13)28-12-20(21,22)23)11-25-19(24)26-16-8-9-27-17-5-3-2-4-15(16)17;/h2-7,10,16H,8-9,11-12H2,1H3,(H3,24,25,26);1H. The summed E-state index contributed by atoms with van der Waals surface area (Å²) in [5.74, 6) is 1.18. The van der Waals surface area contributed by atoms with E-state index in [2.05, 4.69) is 10.3 Å². The van der Waals surface area contributed by atoms with Gasteiger partial charge in [0.15, 0.2) is 12.6 Å². The monoisotopic (exact) mass is 521 g/mol. The predicted octanol–water partition coefficient (Wildman–Crippen LogP) is 4.48. The fourth-order valence-corrected chi connectivity index (χ4v) is 2.97. The Bertz CT molecular complexity index is 859. The molecule has 0 amide bonds. The average Bonchev–Trinajstić information content (AvgIpc) is 2.65. The van der Waals surface area contributed by atoms with Crippen LogP contribution in [0.4, 0.5) is 13.2 Å². The molecule has 0 radical (unpaired) electrons. The number of ether oxygens (including phenoxy) is 2. The van der Waals surface area contributed by atoms with Crippen LogP contribution < -0.4 is 20.5 Å². The Labute approximate surface area is 184 Å². The van der Waals surface area contributed by atoms with Crippen molar-refractivity contribution in [3.63, 3.8) is 0 Å². The smallest absolute Gasteiger partial charge is 0.422 e. The van der Waals surface area contributed by atoms with Crippen molar-refractivity contribution in [2.45, 2.75) is 32.1 Å². The first-order valence-electron chi connectivity index (χ1n) is 8.89. The number of hydrogen-bond donors (Lipinski definition) is 2. The molecule has 1 aliphatic heterocycles. The number of fused-ring (bicyclic) bond motifs is 1. The van der Waals surface area contributed by atoms with E-state index in [-0.39, 0.29) is 48.3 Å². The molecule has 0 aromatic heterocycles. The summed E-state index contributed by atoms with van der Waals surface area (Å²) in [6, 6.07) is 12.7. The number of alkyl halides is 3. The van der Waals surface area contributed by atoms with Crippen molar-refractivity contribution in [3.8, 4) is 11.5 Å². The van der Waals surface area contributed by atoms with Crippen LogP contribution >= 0.6 is 24.0 Å². The second-order valence-corrected chi connectivity index (χ2v) is 6.59. The Morgan fingerprint density at radius 3 is 2.79 bits per heavy atom. The van der Waals surface area contributed by atoms with E-state index < -0.39 is 12.8 Å². The number of aryl methyl sites for hydroxylation is 1. The van der Waals surface area contributed by atoms with E-state index in [9.17, 15) is 13.2 Å². The highest BCUT2D eigenvalue weighted by Crippen LogP contribution is 2.31. The van der Waals surface area contributed by atoms with E-state index in [0.717, 1.165) is 23.3 Å². The highest BCUT2D eigenvalue weighted by molar-refractivity contribution is 14.0. The molecule has 0 fully saturated rings. The molecule has 0 bridgehead atoms. The summed E-state index contributed by atoms with van der Waals surface area (Å²) < 4.78 is 48.0.